The number of esters is 1. The van der Waals surface area contributed by atoms with Crippen molar-refractivity contribution in [1.82, 2.24) is 15.1 Å². The summed E-state index contributed by atoms with van der Waals surface area (Å²) in [5.41, 5.74) is 1.29. The van der Waals surface area contributed by atoms with Crippen LogP contribution >= 0.6 is 12.6 Å². The van der Waals surface area contributed by atoms with E-state index in [1.54, 1.807) is 0 Å². The van der Waals surface area contributed by atoms with E-state index in [0.717, 1.165) is 57.6 Å². The molecule has 1 N–H and O–H groups in total. The predicted octanol–water partition coefficient (Wildman–Crippen LogP) is 1.16. The number of likely N-dealkylation sites (N-methyl/N-ethyl adjacent to an activating group) is 1. The summed E-state index contributed by atoms with van der Waals surface area (Å²) in [4.78, 5) is 28.8. The van der Waals surface area contributed by atoms with Crippen LogP contribution in [0, 0.1) is 0 Å². The van der Waals surface area contributed by atoms with E-state index in [0.29, 0.717) is 17.0 Å². The Morgan fingerprint density at radius 3 is 2.58 bits per heavy atom. The first-order valence-corrected chi connectivity index (χ1v) is 8.87. The van der Waals surface area contributed by atoms with Crippen molar-refractivity contribution < 1.29 is 14.3 Å². The fraction of sp³-hybridized carbons (Fsp3) is 0.647. The first-order valence-electron chi connectivity index (χ1n) is 8.43. The van der Waals surface area contributed by atoms with Gasteiger partial charge in [-0.1, -0.05) is 6.08 Å². The normalized spacial score (nSPS) is 20.4. The number of piperazine rings is 1. The summed E-state index contributed by atoms with van der Waals surface area (Å²) in [6, 6.07) is 0. The average Bonchev–Trinajstić information content (AvgIpc) is 3.08. The van der Waals surface area contributed by atoms with Gasteiger partial charge in [-0.05, 0) is 31.9 Å². The number of thiol groups is 1. The van der Waals surface area contributed by atoms with Crippen LogP contribution in [-0.4, -0.2) is 68.6 Å². The van der Waals surface area contributed by atoms with Crippen molar-refractivity contribution in [2.75, 3.05) is 46.9 Å². The summed E-state index contributed by atoms with van der Waals surface area (Å²) in [5, 5.41) is 3.04. The van der Waals surface area contributed by atoms with Crippen molar-refractivity contribution in [3.05, 3.63) is 22.3 Å². The minimum absolute atomic E-state index is 0.126. The number of amides is 1. The van der Waals surface area contributed by atoms with Crippen molar-refractivity contribution in [3.63, 3.8) is 0 Å². The standard InChI is InChI=1S/C17H27N3O3S/c1-19-9-11-20(12-10-19)8-7-14(21)18-16(24)15(17(22)23-2)13-5-3-4-6-13/h5,24H,3-4,6-12H2,1-2H3,(H,18,21)/b16-15+. The number of allylic oxidation sites excluding steroid dienone is 1. The first-order chi connectivity index (χ1) is 11.5. The molecule has 0 aromatic carbocycles. The molecular weight excluding hydrogens is 326 g/mol. The fourth-order valence-electron chi connectivity index (χ4n) is 2.97. The van der Waals surface area contributed by atoms with Gasteiger partial charge in [0.25, 0.3) is 0 Å². The molecule has 1 fully saturated rings. The summed E-state index contributed by atoms with van der Waals surface area (Å²) in [7, 11) is 3.45. The van der Waals surface area contributed by atoms with E-state index in [9.17, 15) is 9.59 Å². The van der Waals surface area contributed by atoms with Crippen LogP contribution in [0.5, 0.6) is 0 Å². The Labute approximate surface area is 149 Å². The van der Waals surface area contributed by atoms with Crippen molar-refractivity contribution in [2.45, 2.75) is 25.7 Å². The molecule has 0 aromatic rings. The quantitative estimate of drug-likeness (QED) is 0.426. The number of nitrogens with zero attached hydrogens (tertiary/aromatic N) is 2. The second-order valence-electron chi connectivity index (χ2n) is 6.28. The number of rotatable bonds is 6. The maximum Gasteiger partial charge on any atom is 0.340 e. The van der Waals surface area contributed by atoms with Gasteiger partial charge in [-0.3, -0.25) is 4.79 Å². The van der Waals surface area contributed by atoms with Gasteiger partial charge in [-0.25, -0.2) is 4.79 Å². The van der Waals surface area contributed by atoms with E-state index in [2.05, 4.69) is 34.8 Å². The highest BCUT2D eigenvalue weighted by molar-refractivity contribution is 7.84. The minimum Gasteiger partial charge on any atom is -0.465 e. The number of methoxy groups -OCH3 is 1. The summed E-state index contributed by atoms with van der Waals surface area (Å²) >= 11 is 4.35. The van der Waals surface area contributed by atoms with Gasteiger partial charge in [0, 0.05) is 39.1 Å². The second kappa shape index (κ2) is 9.25. The van der Waals surface area contributed by atoms with Crippen LogP contribution < -0.4 is 5.32 Å². The maximum atomic E-state index is 12.2. The van der Waals surface area contributed by atoms with Gasteiger partial charge in [-0.2, -0.15) is 0 Å². The highest BCUT2D eigenvalue weighted by Gasteiger charge is 2.22. The lowest BCUT2D eigenvalue weighted by atomic mass is 10.1. The van der Waals surface area contributed by atoms with Crippen LogP contribution in [0.2, 0.25) is 0 Å². The van der Waals surface area contributed by atoms with Gasteiger partial charge in [-0.15, -0.1) is 12.6 Å². The van der Waals surface area contributed by atoms with Gasteiger partial charge < -0.3 is 19.9 Å². The molecule has 0 saturated carbocycles. The number of hydrogen-bond acceptors (Lipinski definition) is 6. The first kappa shape index (κ1) is 19.0. The number of ether oxygens (including phenoxy) is 1. The molecule has 0 atom stereocenters. The van der Waals surface area contributed by atoms with Gasteiger partial charge in [0.1, 0.15) is 0 Å². The van der Waals surface area contributed by atoms with Crippen LogP contribution in [0.25, 0.3) is 0 Å². The molecule has 1 saturated heterocycles. The van der Waals surface area contributed by atoms with Crippen LogP contribution in [-0.2, 0) is 14.3 Å². The lowest BCUT2D eigenvalue weighted by molar-refractivity contribution is -0.135. The molecule has 1 heterocycles. The van der Waals surface area contributed by atoms with E-state index >= 15 is 0 Å². The second-order valence-corrected chi connectivity index (χ2v) is 6.73. The average molecular weight is 353 g/mol. The Bertz CT molecular complexity index is 537. The molecule has 0 spiro atoms. The topological polar surface area (TPSA) is 61.9 Å². The molecule has 0 aromatic heterocycles. The third kappa shape index (κ3) is 5.36. The molecule has 134 valence electrons. The molecule has 7 heteroatoms. The van der Waals surface area contributed by atoms with Gasteiger partial charge in [0.15, 0.2) is 0 Å². The molecule has 0 bridgehead atoms. The zero-order valence-corrected chi connectivity index (χ0v) is 15.4. The Kier molecular flexibility index (Phi) is 7.33. The maximum absolute atomic E-state index is 12.2. The lowest BCUT2D eigenvalue weighted by Gasteiger charge is -2.32. The van der Waals surface area contributed by atoms with Crippen molar-refractivity contribution in [3.8, 4) is 0 Å². The number of hydrogen-bond donors (Lipinski definition) is 2. The van der Waals surface area contributed by atoms with Crippen molar-refractivity contribution in [1.29, 1.82) is 0 Å². The lowest BCUT2D eigenvalue weighted by Crippen LogP contribution is -2.45. The minimum atomic E-state index is -0.451. The molecule has 2 aliphatic rings. The van der Waals surface area contributed by atoms with E-state index < -0.39 is 5.97 Å². The third-order valence-electron chi connectivity index (χ3n) is 4.50. The smallest absolute Gasteiger partial charge is 0.340 e. The summed E-state index contributed by atoms with van der Waals surface area (Å²) in [6.45, 7) is 4.73. The predicted molar refractivity (Wildman–Crippen MR) is 96.7 cm³/mol. The monoisotopic (exact) mass is 353 g/mol. The zero-order chi connectivity index (χ0) is 17.5. The summed E-state index contributed by atoms with van der Waals surface area (Å²) in [5.74, 6) is -0.577. The van der Waals surface area contributed by atoms with Crippen LogP contribution in [0.3, 0.4) is 0 Å². The van der Waals surface area contributed by atoms with Gasteiger partial charge >= 0.3 is 5.97 Å². The number of carbonyl (C=O) groups is 2. The third-order valence-corrected chi connectivity index (χ3v) is 4.83. The molecule has 1 aliphatic heterocycles. The Morgan fingerprint density at radius 2 is 2.00 bits per heavy atom. The van der Waals surface area contributed by atoms with Crippen LogP contribution in [0.4, 0.5) is 0 Å². The van der Waals surface area contributed by atoms with Gasteiger partial charge in [0.05, 0.1) is 17.7 Å². The van der Waals surface area contributed by atoms with Crippen LogP contribution in [0.1, 0.15) is 25.7 Å². The summed E-state index contributed by atoms with van der Waals surface area (Å²) in [6.07, 6.45) is 5.16. The molecular formula is C17H27N3O3S. The van der Waals surface area contributed by atoms with Crippen molar-refractivity contribution >= 4 is 24.5 Å². The molecule has 6 nitrogen and oxygen atoms in total. The zero-order valence-electron chi connectivity index (χ0n) is 14.5. The Hall–Kier alpha value is -1.31. The van der Waals surface area contributed by atoms with Crippen molar-refractivity contribution in [2.24, 2.45) is 0 Å². The Balaban J connectivity index is 1.91. The largest absolute Gasteiger partial charge is 0.465 e. The highest BCUT2D eigenvalue weighted by atomic mass is 32.1. The van der Waals surface area contributed by atoms with Gasteiger partial charge in [0.2, 0.25) is 5.91 Å². The SMILES string of the molecule is COC(=O)/C(C1=CCCC1)=C(/S)NC(=O)CCN1CCN(C)CC1. The highest BCUT2D eigenvalue weighted by Crippen LogP contribution is 2.28. The molecule has 1 amide bonds. The molecule has 24 heavy (non-hydrogen) atoms. The number of carbonyl (C=O) groups excluding carboxylic acids is 2. The van der Waals surface area contributed by atoms with E-state index in [1.807, 2.05) is 6.08 Å². The van der Waals surface area contributed by atoms with Crippen LogP contribution in [0.15, 0.2) is 22.3 Å². The molecule has 1 aliphatic carbocycles. The molecule has 0 radical (unpaired) electrons. The fourth-order valence-corrected chi connectivity index (χ4v) is 3.33. The van der Waals surface area contributed by atoms with E-state index in [4.69, 9.17) is 4.74 Å². The molecule has 2 rings (SSSR count). The number of nitrogens with one attached hydrogen (secondary N) is 1. The van der Waals surface area contributed by atoms with E-state index in [1.165, 1.54) is 7.11 Å². The Morgan fingerprint density at radius 1 is 1.29 bits per heavy atom. The molecule has 0 unspecified atom stereocenters. The van der Waals surface area contributed by atoms with E-state index in [-0.39, 0.29) is 5.91 Å². The summed E-state index contributed by atoms with van der Waals surface area (Å²) < 4.78 is 4.84.